The number of β-amino-alcohol motifs (C(OH)–C–C–N with tert-alkyl or cyclic N) is 1. The van der Waals surface area contributed by atoms with E-state index >= 15 is 4.79 Å². The maximum Gasteiger partial charge on any atom is 0.271 e. The maximum atomic E-state index is 15.2. The summed E-state index contributed by atoms with van der Waals surface area (Å²) in [6, 6.07) is 14.9. The number of anilines is 2. The predicted octanol–water partition coefficient (Wildman–Crippen LogP) is 2.68. The van der Waals surface area contributed by atoms with Crippen molar-refractivity contribution >= 4 is 44.8 Å². The number of carbonyl (C=O) groups is 2. The molecule has 3 aliphatic heterocycles. The molecule has 0 saturated carbocycles. The van der Waals surface area contributed by atoms with Crippen molar-refractivity contribution in [2.24, 2.45) is 0 Å². The summed E-state index contributed by atoms with van der Waals surface area (Å²) in [4.78, 5) is 33.6. The highest BCUT2D eigenvalue weighted by Crippen LogP contribution is 2.55. The number of fused-ring (bicyclic) bond motifs is 2. The van der Waals surface area contributed by atoms with E-state index in [1.54, 1.807) is 55.4 Å². The van der Waals surface area contributed by atoms with Crippen LogP contribution >= 0.6 is 11.6 Å². The van der Waals surface area contributed by atoms with Gasteiger partial charge in [-0.15, -0.1) is 0 Å². The summed E-state index contributed by atoms with van der Waals surface area (Å²) >= 11 is 6.54. The fourth-order valence-electron chi connectivity index (χ4n) is 6.54. The van der Waals surface area contributed by atoms with Crippen LogP contribution in [0.5, 0.6) is 11.5 Å². The topological polar surface area (TPSA) is 120 Å². The van der Waals surface area contributed by atoms with E-state index in [-0.39, 0.29) is 40.0 Å². The number of methoxy groups -OCH3 is 1. The quantitative estimate of drug-likeness (QED) is 0.434. The predicted molar refractivity (Wildman–Crippen MR) is 165 cm³/mol. The number of hydrogen-bond acceptors (Lipinski definition) is 9. The summed E-state index contributed by atoms with van der Waals surface area (Å²) in [6.07, 6.45) is -0.925. The average molecular weight is 641 g/mol. The first-order chi connectivity index (χ1) is 20.9. The number of likely N-dealkylation sites (tertiary alicyclic amines) is 1. The van der Waals surface area contributed by atoms with Crippen molar-refractivity contribution in [2.75, 3.05) is 57.2 Å². The molecule has 13 heteroatoms. The molecule has 1 saturated heterocycles. The van der Waals surface area contributed by atoms with Gasteiger partial charge in [0.2, 0.25) is 5.91 Å². The molecule has 0 spiro atoms. The number of likely N-dealkylation sites (N-methyl/N-ethyl adjacent to an activating group) is 2. The van der Waals surface area contributed by atoms with E-state index < -0.39 is 33.6 Å². The van der Waals surface area contributed by atoms with Gasteiger partial charge in [-0.1, -0.05) is 29.8 Å². The number of carbonyl (C=O) groups excluding carboxylic acids is 2. The molecule has 1 unspecified atom stereocenters. The van der Waals surface area contributed by atoms with E-state index in [9.17, 15) is 18.3 Å². The van der Waals surface area contributed by atoms with Crippen LogP contribution in [0, 0.1) is 0 Å². The summed E-state index contributed by atoms with van der Waals surface area (Å²) in [5, 5.41) is 11.2. The van der Waals surface area contributed by atoms with Crippen molar-refractivity contribution in [3.05, 3.63) is 76.8 Å². The Bertz CT molecular complexity index is 1770. The van der Waals surface area contributed by atoms with E-state index in [1.807, 2.05) is 11.9 Å². The lowest BCUT2D eigenvalue weighted by Crippen LogP contribution is -2.59. The van der Waals surface area contributed by atoms with E-state index in [0.717, 1.165) is 9.99 Å². The van der Waals surface area contributed by atoms with Gasteiger partial charge in [-0.05, 0) is 42.8 Å². The zero-order valence-electron chi connectivity index (χ0n) is 24.7. The fraction of sp³-hybridized carbons (Fsp3) is 0.355. The summed E-state index contributed by atoms with van der Waals surface area (Å²) in [5.41, 5.74) is -0.524. The first kappa shape index (κ1) is 30.2. The first-order valence-electron chi connectivity index (χ1n) is 14.1. The number of ether oxygens (including phenoxy) is 2. The van der Waals surface area contributed by atoms with Gasteiger partial charge in [0.05, 0.1) is 42.1 Å². The van der Waals surface area contributed by atoms with Crippen molar-refractivity contribution in [1.82, 2.24) is 9.80 Å². The van der Waals surface area contributed by atoms with Crippen LogP contribution in [0.2, 0.25) is 5.02 Å². The lowest BCUT2D eigenvalue weighted by atomic mass is 9.80. The smallest absolute Gasteiger partial charge is 0.271 e. The molecule has 2 amide bonds. The average Bonchev–Trinajstić information content (AvgIpc) is 3.51. The monoisotopic (exact) mass is 640 g/mol. The minimum atomic E-state index is -4.54. The van der Waals surface area contributed by atoms with Crippen molar-refractivity contribution in [2.45, 2.75) is 29.0 Å². The molecule has 0 bridgehead atoms. The zero-order chi connectivity index (χ0) is 31.6. The Balaban J connectivity index is 1.63. The number of aliphatic hydroxyl groups excluding tert-OH is 1. The van der Waals surface area contributed by atoms with Gasteiger partial charge in [-0.25, -0.2) is 12.7 Å². The second-order valence-corrected chi connectivity index (χ2v) is 13.6. The summed E-state index contributed by atoms with van der Waals surface area (Å²) in [6.45, 7) is 0.938. The van der Waals surface area contributed by atoms with E-state index in [0.29, 0.717) is 30.2 Å². The minimum absolute atomic E-state index is 0.0412. The van der Waals surface area contributed by atoms with Crippen LogP contribution < -0.4 is 18.7 Å². The van der Waals surface area contributed by atoms with Crippen molar-refractivity contribution in [1.29, 1.82) is 0 Å². The summed E-state index contributed by atoms with van der Waals surface area (Å²) in [5.74, 6) is -0.503. The van der Waals surface area contributed by atoms with Crippen LogP contribution in [-0.2, 0) is 25.2 Å². The Hall–Kier alpha value is -3.84. The van der Waals surface area contributed by atoms with Crippen LogP contribution in [0.1, 0.15) is 17.5 Å². The molecular weight excluding hydrogens is 608 g/mol. The highest BCUT2D eigenvalue weighted by Gasteiger charge is 2.64. The molecule has 232 valence electrons. The Kier molecular flexibility index (Phi) is 7.52. The third-order valence-electron chi connectivity index (χ3n) is 8.56. The van der Waals surface area contributed by atoms with Gasteiger partial charge in [-0.3, -0.25) is 14.5 Å². The molecule has 44 heavy (non-hydrogen) atoms. The molecule has 0 radical (unpaired) electrons. The normalized spacial score (nSPS) is 23.3. The van der Waals surface area contributed by atoms with Crippen LogP contribution in [0.4, 0.5) is 11.4 Å². The van der Waals surface area contributed by atoms with Gasteiger partial charge in [0.25, 0.3) is 15.9 Å². The number of para-hydroxylation sites is 1. The van der Waals surface area contributed by atoms with Gasteiger partial charge >= 0.3 is 0 Å². The largest absolute Gasteiger partial charge is 0.496 e. The van der Waals surface area contributed by atoms with Crippen LogP contribution in [-0.4, -0.2) is 95.2 Å². The van der Waals surface area contributed by atoms with Gasteiger partial charge < -0.3 is 24.4 Å². The molecule has 3 aromatic rings. The molecule has 0 aliphatic carbocycles. The number of aliphatic hydroxyl groups is 1. The second kappa shape index (κ2) is 11.0. The Labute approximate surface area is 261 Å². The van der Waals surface area contributed by atoms with Crippen molar-refractivity contribution in [3.63, 3.8) is 0 Å². The Morgan fingerprint density at radius 3 is 2.55 bits per heavy atom. The molecule has 3 aliphatic rings. The molecule has 1 fully saturated rings. The highest BCUT2D eigenvalue weighted by molar-refractivity contribution is 7.93. The fourth-order valence-corrected chi connectivity index (χ4v) is 8.19. The second-order valence-electron chi connectivity index (χ2n) is 11.3. The highest BCUT2D eigenvalue weighted by atomic mass is 35.5. The number of nitrogens with zero attached hydrogens (tertiary/aromatic N) is 4. The lowest BCUT2D eigenvalue weighted by molar-refractivity contribution is -0.138. The lowest BCUT2D eigenvalue weighted by Gasteiger charge is -2.42. The standard InChI is InChI=1S/C31H33ClN4O7S/c1-33(2)29(38)26-16-20(37)18-35(26)31(22-7-5-6-8-27(22)42-4)23-15-19(32)9-11-24(23)36(30(31)39)44(40,41)21-10-12-25-28(17-21)43-14-13-34(25)3/h5-12,15,17,20,26,37H,13-14,16,18H2,1-4H3/t20-,26+,31?/m1/s1. The zero-order valence-corrected chi connectivity index (χ0v) is 26.3. The van der Waals surface area contributed by atoms with Crippen LogP contribution in [0.3, 0.4) is 0 Å². The van der Waals surface area contributed by atoms with Crippen LogP contribution in [0.25, 0.3) is 0 Å². The molecule has 6 rings (SSSR count). The summed E-state index contributed by atoms with van der Waals surface area (Å²) < 4.78 is 41.4. The molecule has 3 aromatic carbocycles. The first-order valence-corrected chi connectivity index (χ1v) is 15.9. The molecule has 3 atom stereocenters. The van der Waals surface area contributed by atoms with Gasteiger partial charge in [0.1, 0.15) is 18.1 Å². The van der Waals surface area contributed by atoms with Gasteiger partial charge in [0, 0.05) is 49.9 Å². The molecule has 11 nitrogen and oxygen atoms in total. The van der Waals surface area contributed by atoms with Crippen molar-refractivity contribution in [3.8, 4) is 11.5 Å². The van der Waals surface area contributed by atoms with Crippen molar-refractivity contribution < 1.29 is 32.6 Å². The number of halogens is 1. The summed E-state index contributed by atoms with van der Waals surface area (Å²) in [7, 11) is 1.97. The van der Waals surface area contributed by atoms with Gasteiger partial charge in [-0.2, -0.15) is 0 Å². The Morgan fingerprint density at radius 2 is 1.82 bits per heavy atom. The molecule has 1 N–H and O–H groups in total. The van der Waals surface area contributed by atoms with Crippen LogP contribution in [0.15, 0.2) is 65.6 Å². The minimum Gasteiger partial charge on any atom is -0.496 e. The third-order valence-corrected chi connectivity index (χ3v) is 10.5. The molecule has 0 aromatic heterocycles. The number of hydrogen-bond donors (Lipinski definition) is 1. The number of benzene rings is 3. The van der Waals surface area contributed by atoms with E-state index in [2.05, 4.69) is 0 Å². The van der Waals surface area contributed by atoms with Gasteiger partial charge in [0.15, 0.2) is 5.54 Å². The SMILES string of the molecule is COc1ccccc1C1(N2C[C@H](O)C[C@H]2C(=O)N(C)C)C(=O)N(S(=O)(=O)c2ccc3c(c2)OCCN3C)c2ccc(Cl)cc21. The number of amides is 2. The Morgan fingerprint density at radius 1 is 1.09 bits per heavy atom. The van der Waals surface area contributed by atoms with E-state index in [1.165, 1.54) is 36.3 Å². The third kappa shape index (κ3) is 4.42. The molecular formula is C31H33ClN4O7S. The number of sulfonamides is 1. The maximum absolute atomic E-state index is 15.2. The number of rotatable bonds is 6. The molecule has 3 heterocycles. The van der Waals surface area contributed by atoms with E-state index in [4.69, 9.17) is 21.1 Å².